The van der Waals surface area contributed by atoms with Gasteiger partial charge in [-0.3, -0.25) is 9.59 Å². The van der Waals surface area contributed by atoms with Crippen LogP contribution in [0.25, 0.3) is 0 Å². The standard InChI is InChI=1S/C72H114O27/c1-34-26-48(77-12)59(75)67(84-34)92-44-20-23-69(10)43(27-44)18-19-45-46(69)21-24-70(11)47(45)22-25-72(70,76)41(8)90-54-31-52-64(39(6)88-54)98-99-71(33-83-52)32-53(81-16)63(40(7)97-71)95-57-29-50(79-14)61(37(4)86-57)93-55-28-49(78-13)60(36(3)85-55)94-56-30-51(80-15)62(38(5)87-56)96-68-66(91-42(9)73)65(82-17)58(74)35(2)89-68/h18,26,34-41,44-47,49-58,60-68,74,76H,19-25,27-33H2,1-17H3/t34-,35-,36-,37-,38-,39-,40-,41+,44+,45-,46+,47+,49+,50+,51+,52-,53-,54+,55+,56+,57+,58+,60-,61-,62-,63-,64-,65+,66-,67+,68+,69+,70+,71+,72+/m1/s1. The quantitative estimate of drug-likeness (QED) is 0.0726. The van der Waals surface area contributed by atoms with E-state index in [1.54, 1.807) is 41.4 Å². The zero-order valence-corrected chi connectivity index (χ0v) is 61.1. The summed E-state index contributed by atoms with van der Waals surface area (Å²) in [5.41, 5.74) is -0.0154. The van der Waals surface area contributed by atoms with Crippen molar-refractivity contribution in [2.45, 2.75) is 343 Å². The molecule has 35 atom stereocenters. The summed E-state index contributed by atoms with van der Waals surface area (Å²) in [7, 11) is 9.40. The van der Waals surface area contributed by atoms with E-state index in [0.717, 1.165) is 44.9 Å². The Labute approximate surface area is 583 Å². The Morgan fingerprint density at radius 1 is 0.626 bits per heavy atom. The number of fused-ring (bicyclic) bond motifs is 6. The Kier molecular flexibility index (Phi) is 24.0. The lowest BCUT2D eigenvalue weighted by Crippen LogP contribution is -2.62. The summed E-state index contributed by atoms with van der Waals surface area (Å²) in [5.74, 6) is -0.675. The molecular weight excluding hydrogens is 1300 g/mol. The van der Waals surface area contributed by atoms with Crippen LogP contribution in [0.15, 0.2) is 23.5 Å². The summed E-state index contributed by atoms with van der Waals surface area (Å²) in [4.78, 5) is 37.8. The molecule has 8 heterocycles. The Morgan fingerprint density at radius 3 is 1.80 bits per heavy atom. The van der Waals surface area contributed by atoms with Crippen LogP contribution in [0, 0.1) is 28.6 Å². The van der Waals surface area contributed by atoms with Crippen LogP contribution in [0.1, 0.15) is 160 Å². The molecule has 0 bridgehead atoms. The summed E-state index contributed by atoms with van der Waals surface area (Å²) < 4.78 is 132. The van der Waals surface area contributed by atoms with Crippen molar-refractivity contribution in [3.05, 3.63) is 23.5 Å². The number of esters is 1. The zero-order chi connectivity index (χ0) is 70.8. The van der Waals surface area contributed by atoms with E-state index in [4.69, 9.17) is 109 Å². The van der Waals surface area contributed by atoms with Crippen molar-refractivity contribution in [3.63, 3.8) is 0 Å². The molecule has 12 rings (SSSR count). The van der Waals surface area contributed by atoms with Crippen molar-refractivity contribution in [2.24, 2.45) is 28.6 Å². The maximum absolute atomic E-state index is 13.1. The van der Waals surface area contributed by atoms with Gasteiger partial charge in [0.2, 0.25) is 12.1 Å². The van der Waals surface area contributed by atoms with Crippen molar-refractivity contribution in [1.82, 2.24) is 0 Å². The summed E-state index contributed by atoms with van der Waals surface area (Å²) in [6.07, 6.45) is -5.01. The Bertz CT molecular complexity index is 2800. The lowest BCUT2D eigenvalue weighted by atomic mass is 9.46. The average Bonchev–Trinajstić information content (AvgIpc) is 1.61. The molecule has 564 valence electrons. The van der Waals surface area contributed by atoms with Gasteiger partial charge >= 0.3 is 5.97 Å². The highest BCUT2D eigenvalue weighted by Crippen LogP contribution is 2.68. The average molecular weight is 1410 g/mol. The van der Waals surface area contributed by atoms with Gasteiger partial charge in [-0.05, 0) is 136 Å². The number of aliphatic hydroxyl groups is 2. The van der Waals surface area contributed by atoms with E-state index in [0.29, 0.717) is 43.4 Å². The molecular formula is C72H114O27. The Morgan fingerprint density at radius 2 is 1.21 bits per heavy atom. The maximum atomic E-state index is 13.1. The first-order chi connectivity index (χ1) is 47.2. The van der Waals surface area contributed by atoms with Crippen molar-refractivity contribution in [3.8, 4) is 0 Å². The minimum atomic E-state index is -1.34. The summed E-state index contributed by atoms with van der Waals surface area (Å²) in [5, 5.41) is 23.8. The molecule has 0 aromatic carbocycles. The van der Waals surface area contributed by atoms with Crippen LogP contribution in [0.4, 0.5) is 0 Å². The van der Waals surface area contributed by atoms with Crippen molar-refractivity contribution >= 4 is 11.8 Å². The minimum absolute atomic E-state index is 0.0143. The third-order valence-electron chi connectivity index (χ3n) is 24.8. The fourth-order valence-corrected chi connectivity index (χ4v) is 19.4. The van der Waals surface area contributed by atoms with Crippen LogP contribution in [0.5, 0.6) is 0 Å². The number of hydrogen-bond donors (Lipinski definition) is 2. The normalized spacial score (nSPS) is 50.6. The van der Waals surface area contributed by atoms with Crippen LogP contribution in [0.3, 0.4) is 0 Å². The first-order valence-electron chi connectivity index (χ1n) is 36.4. The molecule has 3 saturated carbocycles. The molecule has 10 fully saturated rings. The van der Waals surface area contributed by atoms with Gasteiger partial charge < -0.3 is 110 Å². The van der Waals surface area contributed by atoms with E-state index >= 15 is 0 Å². The maximum Gasteiger partial charge on any atom is 0.303 e. The molecule has 1 spiro atoms. The molecule has 0 aromatic rings. The van der Waals surface area contributed by atoms with Crippen molar-refractivity contribution in [2.75, 3.05) is 49.3 Å². The number of ether oxygens (including phenoxy) is 21. The van der Waals surface area contributed by atoms with E-state index < -0.39 is 177 Å². The highest BCUT2D eigenvalue weighted by atomic mass is 17.2. The smallest absolute Gasteiger partial charge is 0.303 e. The number of rotatable bonds is 20. The topological polar surface area (TPSA) is 287 Å². The first kappa shape index (κ1) is 76.2. The third-order valence-corrected chi connectivity index (χ3v) is 24.8. The summed E-state index contributed by atoms with van der Waals surface area (Å²) >= 11 is 0. The van der Waals surface area contributed by atoms with Crippen molar-refractivity contribution < 1.29 is 129 Å². The monoisotopic (exact) mass is 1410 g/mol. The molecule has 8 aliphatic heterocycles. The van der Waals surface area contributed by atoms with Gasteiger partial charge in [0.1, 0.15) is 49.3 Å². The molecule has 12 aliphatic rings. The van der Waals surface area contributed by atoms with Crippen molar-refractivity contribution in [1.29, 1.82) is 0 Å². The number of allylic oxidation sites excluding steroid dienone is 1. The van der Waals surface area contributed by atoms with Gasteiger partial charge in [0.15, 0.2) is 43.3 Å². The SMILES string of the molecule is COC1=C[C@@H](C)O[C@@H](O[C@H]2CC[C@@]3(C)C(=CC[C@@H]4[C@@H]3CC[C@@]3(C)[C@H]4CC[C@]3(O)[C@H](C)O[C@H]3C[C@H]4OC[C@]5(C[C@@H](OC)[C@H](O[C@H]6C[C@H](OC)[C@H](O[C@H]7C[C@H](OC)[C@H](O[C@H]8C[C@H](OC)[C@H](O[C@@H]9O[C@H](C)[C@H](O)[C@H](OC)[C@H]9OC(C)=O)[C@@H](C)O8)[C@@H](C)O7)[C@@H](C)O6)[C@@H](C)O5)OO[C@@H]4[C@@H](C)O3)C2)C1=O. The first-order valence-corrected chi connectivity index (χ1v) is 36.4. The number of ketones is 1. The van der Waals surface area contributed by atoms with Crippen LogP contribution in [-0.2, 0) is 119 Å². The molecule has 0 aromatic heterocycles. The molecule has 0 amide bonds. The second kappa shape index (κ2) is 31.1. The highest BCUT2D eigenvalue weighted by Gasteiger charge is 2.66. The lowest BCUT2D eigenvalue weighted by molar-refractivity contribution is -0.472. The predicted octanol–water partition coefficient (Wildman–Crippen LogP) is 6.73. The van der Waals surface area contributed by atoms with Crippen LogP contribution < -0.4 is 0 Å². The molecule has 4 aliphatic carbocycles. The Hall–Kier alpha value is -2.50. The zero-order valence-electron chi connectivity index (χ0n) is 61.1. The van der Waals surface area contributed by atoms with Crippen LogP contribution in [0.2, 0.25) is 0 Å². The lowest BCUT2D eigenvalue weighted by Gasteiger charge is -2.59. The number of carbonyl (C=O) groups excluding carboxylic acids is 2. The molecule has 7 saturated heterocycles. The second-order valence-corrected chi connectivity index (χ2v) is 30.7. The predicted molar refractivity (Wildman–Crippen MR) is 345 cm³/mol. The highest BCUT2D eigenvalue weighted by molar-refractivity contribution is 5.96. The van der Waals surface area contributed by atoms with E-state index in [2.05, 4.69) is 19.9 Å². The molecule has 0 unspecified atom stereocenters. The number of methoxy groups -OCH3 is 6. The fourth-order valence-electron chi connectivity index (χ4n) is 19.4. The number of Topliss-reactive ketones (excluding diaryl/α,β-unsaturated/α-hetero) is 1. The van der Waals surface area contributed by atoms with Gasteiger partial charge in [0.05, 0.1) is 98.2 Å². The molecule has 27 heteroatoms. The molecule has 99 heavy (non-hydrogen) atoms. The van der Waals surface area contributed by atoms with E-state index in [1.807, 2.05) is 48.5 Å². The van der Waals surface area contributed by atoms with Crippen LogP contribution in [-0.4, -0.2) is 255 Å². The van der Waals surface area contributed by atoms with Gasteiger partial charge in [0.25, 0.3) is 5.78 Å². The number of carbonyl (C=O) groups is 2. The van der Waals surface area contributed by atoms with Gasteiger partial charge in [-0.1, -0.05) is 25.5 Å². The fraction of sp³-hybridized carbons (Fsp3) is 0.917. The van der Waals surface area contributed by atoms with Crippen LogP contribution >= 0.6 is 0 Å². The summed E-state index contributed by atoms with van der Waals surface area (Å²) in [6.45, 7) is 21.1. The number of hydrogen-bond acceptors (Lipinski definition) is 27. The van der Waals surface area contributed by atoms with E-state index in [9.17, 15) is 19.8 Å². The number of aliphatic hydroxyl groups excluding tert-OH is 1. The third kappa shape index (κ3) is 15.1. The second-order valence-electron chi connectivity index (χ2n) is 30.7. The molecule has 2 N–H and O–H groups in total. The minimum Gasteiger partial charge on any atom is -0.493 e. The van der Waals surface area contributed by atoms with Gasteiger partial charge in [-0.25, -0.2) is 4.89 Å². The molecule has 0 radical (unpaired) electrons. The van der Waals surface area contributed by atoms with E-state index in [1.165, 1.54) is 26.7 Å². The van der Waals surface area contributed by atoms with E-state index in [-0.39, 0.29) is 54.0 Å². The summed E-state index contributed by atoms with van der Waals surface area (Å²) in [6, 6.07) is 0. The van der Waals surface area contributed by atoms with Gasteiger partial charge in [-0.15, -0.1) is 0 Å². The van der Waals surface area contributed by atoms with Gasteiger partial charge in [-0.2, -0.15) is 4.89 Å². The van der Waals surface area contributed by atoms with Gasteiger partial charge in [0, 0.05) is 80.0 Å². The Balaban J connectivity index is 0.606. The molecule has 27 nitrogen and oxygen atoms in total. The largest absolute Gasteiger partial charge is 0.493 e.